The summed E-state index contributed by atoms with van der Waals surface area (Å²) in [6.45, 7) is 6.14. The first-order valence-electron chi connectivity index (χ1n) is 3.88. The van der Waals surface area contributed by atoms with Crippen molar-refractivity contribution in [2.45, 2.75) is 20.8 Å². The van der Waals surface area contributed by atoms with E-state index in [0.29, 0.717) is 24.0 Å². The highest BCUT2D eigenvalue weighted by molar-refractivity contribution is 5.48. The quantitative estimate of drug-likeness (QED) is 0.715. The van der Waals surface area contributed by atoms with Crippen LogP contribution < -0.4 is 10.5 Å². The molecule has 1 aromatic rings. The van der Waals surface area contributed by atoms with Crippen LogP contribution in [0.4, 0.5) is 5.82 Å². The van der Waals surface area contributed by atoms with Gasteiger partial charge in [-0.1, -0.05) is 0 Å². The molecule has 0 bridgehead atoms. The lowest BCUT2D eigenvalue weighted by Gasteiger charge is -2.08. The van der Waals surface area contributed by atoms with Crippen molar-refractivity contribution in [1.29, 1.82) is 0 Å². The predicted molar refractivity (Wildman–Crippen MR) is 47.1 cm³/mol. The zero-order valence-corrected chi connectivity index (χ0v) is 7.59. The number of ether oxygens (including phenoxy) is 1. The van der Waals surface area contributed by atoms with E-state index in [2.05, 4.69) is 9.97 Å². The van der Waals surface area contributed by atoms with Gasteiger partial charge in [-0.15, -0.1) is 0 Å². The summed E-state index contributed by atoms with van der Waals surface area (Å²) in [6.07, 6.45) is 0. The van der Waals surface area contributed by atoms with Crippen LogP contribution in [0.5, 0.6) is 5.75 Å². The van der Waals surface area contributed by atoms with Gasteiger partial charge in [-0.2, -0.15) is 0 Å². The second-order valence-corrected chi connectivity index (χ2v) is 2.50. The van der Waals surface area contributed by atoms with Gasteiger partial charge in [0.25, 0.3) is 0 Å². The average molecular weight is 167 g/mol. The first-order valence-corrected chi connectivity index (χ1v) is 3.88. The lowest BCUT2D eigenvalue weighted by molar-refractivity contribution is 0.336. The summed E-state index contributed by atoms with van der Waals surface area (Å²) < 4.78 is 5.27. The van der Waals surface area contributed by atoms with Gasteiger partial charge in [-0.05, 0) is 20.8 Å². The van der Waals surface area contributed by atoms with E-state index in [1.807, 2.05) is 13.8 Å². The van der Waals surface area contributed by atoms with Crippen LogP contribution in [0.2, 0.25) is 0 Å². The third kappa shape index (κ3) is 1.64. The molecule has 0 fully saturated rings. The molecule has 4 nitrogen and oxygen atoms in total. The minimum atomic E-state index is 0.418. The van der Waals surface area contributed by atoms with Crippen LogP contribution in [0.1, 0.15) is 18.4 Å². The van der Waals surface area contributed by atoms with E-state index in [1.54, 1.807) is 6.92 Å². The molecule has 0 unspecified atom stereocenters. The molecule has 66 valence electrons. The Balaban J connectivity index is 3.10. The maximum Gasteiger partial charge on any atom is 0.182 e. The standard InChI is InChI=1S/C8H13N3O/c1-4-12-7-5(2)10-6(3)11-8(7)9/h4H2,1-3H3,(H2,9,10,11). The van der Waals surface area contributed by atoms with Crippen molar-refractivity contribution in [2.75, 3.05) is 12.3 Å². The molecule has 0 aliphatic rings. The Kier molecular flexibility index (Phi) is 2.47. The number of aromatic nitrogens is 2. The van der Waals surface area contributed by atoms with E-state index in [1.165, 1.54) is 0 Å². The van der Waals surface area contributed by atoms with Crippen LogP contribution in [-0.4, -0.2) is 16.6 Å². The van der Waals surface area contributed by atoms with Crippen molar-refractivity contribution in [1.82, 2.24) is 9.97 Å². The number of aryl methyl sites for hydroxylation is 2. The van der Waals surface area contributed by atoms with Crippen LogP contribution in [0.25, 0.3) is 0 Å². The van der Waals surface area contributed by atoms with Gasteiger partial charge in [-0.25, -0.2) is 9.97 Å². The molecule has 12 heavy (non-hydrogen) atoms. The Hall–Kier alpha value is -1.32. The normalized spacial score (nSPS) is 9.92. The molecular formula is C8H13N3O. The highest BCUT2D eigenvalue weighted by Crippen LogP contribution is 2.21. The van der Waals surface area contributed by atoms with Gasteiger partial charge in [0.05, 0.1) is 12.3 Å². The molecule has 1 rings (SSSR count). The highest BCUT2D eigenvalue weighted by atomic mass is 16.5. The summed E-state index contributed by atoms with van der Waals surface area (Å²) in [5.74, 6) is 1.69. The number of hydrogen-bond acceptors (Lipinski definition) is 4. The fourth-order valence-electron chi connectivity index (χ4n) is 1.05. The Bertz CT molecular complexity index is 263. The molecule has 0 atom stereocenters. The fraction of sp³-hybridized carbons (Fsp3) is 0.500. The van der Waals surface area contributed by atoms with E-state index in [0.717, 1.165) is 5.69 Å². The summed E-state index contributed by atoms with van der Waals surface area (Å²) in [7, 11) is 0. The molecule has 2 N–H and O–H groups in total. The SMILES string of the molecule is CCOc1c(C)nc(C)nc1N. The van der Waals surface area contributed by atoms with Gasteiger partial charge >= 0.3 is 0 Å². The molecule has 1 heterocycles. The van der Waals surface area contributed by atoms with Crippen LogP contribution in [0.15, 0.2) is 0 Å². The van der Waals surface area contributed by atoms with Gasteiger partial charge in [-0.3, -0.25) is 0 Å². The zero-order valence-electron chi connectivity index (χ0n) is 7.59. The molecule has 0 radical (unpaired) electrons. The van der Waals surface area contributed by atoms with E-state index >= 15 is 0 Å². The van der Waals surface area contributed by atoms with Crippen molar-refractivity contribution < 1.29 is 4.74 Å². The molecule has 0 spiro atoms. The molecule has 0 aliphatic heterocycles. The Morgan fingerprint density at radius 1 is 1.33 bits per heavy atom. The lowest BCUT2D eigenvalue weighted by Crippen LogP contribution is -2.04. The number of rotatable bonds is 2. The van der Waals surface area contributed by atoms with Gasteiger partial charge in [0.15, 0.2) is 11.6 Å². The van der Waals surface area contributed by atoms with Gasteiger partial charge in [0.1, 0.15) is 5.82 Å². The van der Waals surface area contributed by atoms with E-state index < -0.39 is 0 Å². The van der Waals surface area contributed by atoms with Crippen LogP contribution in [0, 0.1) is 13.8 Å². The summed E-state index contributed by atoms with van der Waals surface area (Å²) in [5.41, 5.74) is 6.43. The number of hydrogen-bond donors (Lipinski definition) is 1. The van der Waals surface area contributed by atoms with E-state index in [9.17, 15) is 0 Å². The molecule has 4 heteroatoms. The van der Waals surface area contributed by atoms with Crippen molar-refractivity contribution in [2.24, 2.45) is 0 Å². The second-order valence-electron chi connectivity index (χ2n) is 2.50. The zero-order chi connectivity index (χ0) is 9.14. The largest absolute Gasteiger partial charge is 0.488 e. The van der Waals surface area contributed by atoms with Crippen LogP contribution in [0.3, 0.4) is 0 Å². The van der Waals surface area contributed by atoms with E-state index in [4.69, 9.17) is 10.5 Å². The minimum absolute atomic E-state index is 0.418. The number of nitrogens with two attached hydrogens (primary N) is 1. The summed E-state index contributed by atoms with van der Waals surface area (Å²) >= 11 is 0. The second kappa shape index (κ2) is 3.38. The van der Waals surface area contributed by atoms with Crippen LogP contribution >= 0.6 is 0 Å². The summed E-state index contributed by atoms with van der Waals surface area (Å²) in [6, 6.07) is 0. The number of nitrogen functional groups attached to an aromatic ring is 1. The Labute approximate surface area is 71.8 Å². The summed E-state index contributed by atoms with van der Waals surface area (Å²) in [5, 5.41) is 0. The third-order valence-corrected chi connectivity index (χ3v) is 1.46. The van der Waals surface area contributed by atoms with Gasteiger partial charge < -0.3 is 10.5 Å². The topological polar surface area (TPSA) is 61.0 Å². The highest BCUT2D eigenvalue weighted by Gasteiger charge is 2.06. The van der Waals surface area contributed by atoms with Gasteiger partial charge in [0.2, 0.25) is 0 Å². The Morgan fingerprint density at radius 3 is 2.50 bits per heavy atom. The number of anilines is 1. The molecule has 0 aromatic carbocycles. The Morgan fingerprint density at radius 2 is 2.00 bits per heavy atom. The first-order chi connectivity index (χ1) is 5.65. The summed E-state index contributed by atoms with van der Waals surface area (Å²) in [4.78, 5) is 8.13. The monoisotopic (exact) mass is 167 g/mol. The van der Waals surface area contributed by atoms with Crippen LogP contribution in [-0.2, 0) is 0 Å². The molecule has 0 saturated heterocycles. The lowest BCUT2D eigenvalue weighted by atomic mass is 10.4. The van der Waals surface area contributed by atoms with Crippen molar-refractivity contribution in [3.05, 3.63) is 11.5 Å². The number of nitrogens with zero attached hydrogens (tertiary/aromatic N) is 2. The molecule has 0 saturated carbocycles. The molecule has 0 amide bonds. The maximum absolute atomic E-state index is 5.63. The minimum Gasteiger partial charge on any atom is -0.488 e. The maximum atomic E-state index is 5.63. The van der Waals surface area contributed by atoms with Crippen molar-refractivity contribution >= 4 is 5.82 Å². The van der Waals surface area contributed by atoms with E-state index in [-0.39, 0.29) is 0 Å². The third-order valence-electron chi connectivity index (χ3n) is 1.46. The average Bonchev–Trinajstić information content (AvgIpc) is 1.96. The fourth-order valence-corrected chi connectivity index (χ4v) is 1.05. The smallest absolute Gasteiger partial charge is 0.182 e. The first kappa shape index (κ1) is 8.77. The van der Waals surface area contributed by atoms with Crippen molar-refractivity contribution in [3.8, 4) is 5.75 Å². The molecule has 0 aliphatic carbocycles. The predicted octanol–water partition coefficient (Wildman–Crippen LogP) is 1.07. The molecular weight excluding hydrogens is 154 g/mol. The van der Waals surface area contributed by atoms with Crippen molar-refractivity contribution in [3.63, 3.8) is 0 Å². The molecule has 1 aromatic heterocycles. The van der Waals surface area contributed by atoms with Gasteiger partial charge in [0, 0.05) is 0 Å².